The van der Waals surface area contributed by atoms with Crippen molar-refractivity contribution in [1.29, 1.82) is 0 Å². The van der Waals surface area contributed by atoms with Crippen molar-refractivity contribution >= 4 is 17.8 Å². The van der Waals surface area contributed by atoms with Crippen molar-refractivity contribution in [2.75, 3.05) is 6.61 Å². The van der Waals surface area contributed by atoms with Crippen molar-refractivity contribution in [3.05, 3.63) is 35.9 Å². The molecular formula is C24H32N2O4. The molecule has 30 heavy (non-hydrogen) atoms. The Morgan fingerprint density at radius 3 is 2.10 bits per heavy atom. The molecule has 0 aromatic heterocycles. The van der Waals surface area contributed by atoms with E-state index >= 15 is 0 Å². The average molecular weight is 413 g/mol. The van der Waals surface area contributed by atoms with E-state index in [0.717, 1.165) is 17.8 Å². The average Bonchev–Trinajstić information content (AvgIpc) is 2.71. The van der Waals surface area contributed by atoms with Crippen LogP contribution >= 0.6 is 0 Å². The minimum atomic E-state index is -0.828. The van der Waals surface area contributed by atoms with Crippen molar-refractivity contribution in [2.24, 2.45) is 23.2 Å². The second kappa shape index (κ2) is 8.40. The highest BCUT2D eigenvalue weighted by Crippen LogP contribution is 2.61. The molecule has 0 saturated heterocycles. The fourth-order valence-electron chi connectivity index (χ4n) is 6.33. The van der Waals surface area contributed by atoms with Crippen molar-refractivity contribution in [3.8, 4) is 0 Å². The van der Waals surface area contributed by atoms with Crippen LogP contribution in [0.1, 0.15) is 62.7 Å². The fourth-order valence-corrected chi connectivity index (χ4v) is 6.33. The minimum Gasteiger partial charge on any atom is -0.454 e. The van der Waals surface area contributed by atoms with Gasteiger partial charge in [-0.25, -0.2) is 4.79 Å². The molecule has 2 N–H and O–H groups in total. The molecule has 0 spiro atoms. The van der Waals surface area contributed by atoms with E-state index in [1.807, 2.05) is 6.07 Å². The van der Waals surface area contributed by atoms with Crippen molar-refractivity contribution in [2.45, 2.75) is 64.5 Å². The number of benzene rings is 1. The molecule has 4 aliphatic carbocycles. The Labute approximate surface area is 178 Å². The maximum Gasteiger partial charge on any atom is 0.328 e. The van der Waals surface area contributed by atoms with E-state index in [1.54, 1.807) is 31.2 Å². The highest BCUT2D eigenvalue weighted by molar-refractivity contribution is 5.96. The summed E-state index contributed by atoms with van der Waals surface area (Å²) in [6.07, 6.45) is 7.73. The minimum absolute atomic E-state index is 0.0901. The molecular weight excluding hydrogens is 380 g/mol. The first-order valence-corrected chi connectivity index (χ1v) is 11.2. The molecule has 0 unspecified atom stereocenters. The fraction of sp³-hybridized carbons (Fsp3) is 0.625. The first-order chi connectivity index (χ1) is 14.3. The molecule has 4 bridgehead atoms. The monoisotopic (exact) mass is 412 g/mol. The van der Waals surface area contributed by atoms with Crippen LogP contribution in [0.4, 0.5) is 0 Å². The zero-order valence-corrected chi connectivity index (χ0v) is 17.9. The second-order valence-electron chi connectivity index (χ2n) is 9.74. The molecule has 1 aromatic carbocycles. The quantitative estimate of drug-likeness (QED) is 0.674. The van der Waals surface area contributed by atoms with E-state index in [0.29, 0.717) is 5.56 Å². The van der Waals surface area contributed by atoms with Gasteiger partial charge in [0.25, 0.3) is 11.8 Å². The SMILES string of the molecule is C[C@H](NC(=O)c1ccccc1)C(=O)OCC(=O)N[C@H](C)C12CC3CC(CC(C3)C1)C2. The van der Waals surface area contributed by atoms with Gasteiger partial charge >= 0.3 is 5.97 Å². The smallest absolute Gasteiger partial charge is 0.328 e. The molecule has 2 atom stereocenters. The number of ether oxygens (including phenoxy) is 1. The normalized spacial score (nSPS) is 30.9. The summed E-state index contributed by atoms with van der Waals surface area (Å²) in [5, 5.41) is 5.70. The van der Waals surface area contributed by atoms with Gasteiger partial charge < -0.3 is 15.4 Å². The van der Waals surface area contributed by atoms with Crippen LogP contribution in [0.15, 0.2) is 30.3 Å². The van der Waals surface area contributed by atoms with Crippen LogP contribution in [0.5, 0.6) is 0 Å². The first kappa shape index (κ1) is 20.9. The number of nitrogens with one attached hydrogen (secondary N) is 2. The number of hydrogen-bond acceptors (Lipinski definition) is 4. The van der Waals surface area contributed by atoms with Crippen molar-refractivity contribution in [1.82, 2.24) is 10.6 Å². The lowest BCUT2D eigenvalue weighted by atomic mass is 9.48. The van der Waals surface area contributed by atoms with Gasteiger partial charge in [-0.3, -0.25) is 9.59 Å². The van der Waals surface area contributed by atoms with Crippen LogP contribution in [-0.2, 0) is 14.3 Å². The number of esters is 1. The number of carbonyl (C=O) groups is 3. The lowest BCUT2D eigenvalue weighted by Crippen LogP contribution is -2.56. The molecule has 4 fully saturated rings. The highest BCUT2D eigenvalue weighted by atomic mass is 16.5. The van der Waals surface area contributed by atoms with Gasteiger partial charge in [0.05, 0.1) is 0 Å². The molecule has 0 radical (unpaired) electrons. The number of hydrogen-bond donors (Lipinski definition) is 2. The number of rotatable bonds is 7. The molecule has 0 aliphatic heterocycles. The predicted molar refractivity (Wildman–Crippen MR) is 113 cm³/mol. The summed E-state index contributed by atoms with van der Waals surface area (Å²) < 4.78 is 5.16. The van der Waals surface area contributed by atoms with Gasteiger partial charge in [0.2, 0.25) is 0 Å². The summed E-state index contributed by atoms with van der Waals surface area (Å²) in [6, 6.07) is 7.94. The topological polar surface area (TPSA) is 84.5 Å². The summed E-state index contributed by atoms with van der Waals surface area (Å²) in [6.45, 7) is 3.34. The van der Waals surface area contributed by atoms with E-state index in [2.05, 4.69) is 17.6 Å². The van der Waals surface area contributed by atoms with Gasteiger partial charge in [-0.15, -0.1) is 0 Å². The van der Waals surface area contributed by atoms with Crippen LogP contribution in [0.3, 0.4) is 0 Å². The highest BCUT2D eigenvalue weighted by Gasteiger charge is 2.53. The van der Waals surface area contributed by atoms with E-state index in [9.17, 15) is 14.4 Å². The molecule has 2 amide bonds. The molecule has 4 aliphatic rings. The lowest BCUT2D eigenvalue weighted by Gasteiger charge is -2.59. The third-order valence-electron chi connectivity index (χ3n) is 7.46. The third-order valence-corrected chi connectivity index (χ3v) is 7.46. The van der Waals surface area contributed by atoms with Gasteiger partial charge in [0, 0.05) is 11.6 Å². The molecule has 162 valence electrons. The third kappa shape index (κ3) is 4.37. The Morgan fingerprint density at radius 2 is 1.53 bits per heavy atom. The van der Waals surface area contributed by atoms with Gasteiger partial charge in [0.15, 0.2) is 6.61 Å². The zero-order valence-electron chi connectivity index (χ0n) is 17.9. The van der Waals surface area contributed by atoms with E-state index in [4.69, 9.17) is 4.74 Å². The number of amides is 2. The maximum absolute atomic E-state index is 12.4. The maximum atomic E-state index is 12.4. The van der Waals surface area contributed by atoms with Gasteiger partial charge in [-0.1, -0.05) is 18.2 Å². The summed E-state index contributed by atoms with van der Waals surface area (Å²) in [5.74, 6) is 1.23. The van der Waals surface area contributed by atoms with E-state index < -0.39 is 12.0 Å². The second-order valence-corrected chi connectivity index (χ2v) is 9.74. The van der Waals surface area contributed by atoms with Gasteiger partial charge in [-0.2, -0.15) is 0 Å². The van der Waals surface area contributed by atoms with E-state index in [-0.39, 0.29) is 29.9 Å². The van der Waals surface area contributed by atoms with Gasteiger partial charge in [0.1, 0.15) is 6.04 Å². The molecule has 4 saturated carbocycles. The van der Waals surface area contributed by atoms with Crippen LogP contribution in [0.25, 0.3) is 0 Å². The summed E-state index contributed by atoms with van der Waals surface area (Å²) in [7, 11) is 0. The number of carbonyl (C=O) groups excluding carboxylic acids is 3. The molecule has 5 rings (SSSR count). The molecule has 1 aromatic rings. The molecule has 0 heterocycles. The largest absolute Gasteiger partial charge is 0.454 e. The predicted octanol–water partition coefficient (Wildman–Crippen LogP) is 3.07. The van der Waals surface area contributed by atoms with Crippen molar-refractivity contribution < 1.29 is 19.1 Å². The van der Waals surface area contributed by atoms with Crippen LogP contribution in [0, 0.1) is 23.2 Å². The first-order valence-electron chi connectivity index (χ1n) is 11.2. The van der Waals surface area contributed by atoms with Crippen molar-refractivity contribution in [3.63, 3.8) is 0 Å². The standard InChI is InChI=1S/C24H32N2O4/c1-15(25-22(28)20-6-4-3-5-7-20)23(29)30-14-21(27)26-16(2)24-11-17-8-18(12-24)10-19(9-17)13-24/h3-7,15-19H,8-14H2,1-2H3,(H,25,28)(H,26,27)/t15-,16+,17?,18?,19?,24?/m0/s1. The van der Waals surface area contributed by atoms with E-state index in [1.165, 1.54) is 38.5 Å². The van der Waals surface area contributed by atoms with Gasteiger partial charge in [-0.05, 0) is 87.7 Å². The molecule has 6 heteroatoms. The zero-order chi connectivity index (χ0) is 21.3. The summed E-state index contributed by atoms with van der Waals surface area (Å²) in [5.41, 5.74) is 0.685. The Balaban J connectivity index is 1.23. The van der Waals surface area contributed by atoms with Crippen LogP contribution < -0.4 is 10.6 Å². The molecule has 6 nitrogen and oxygen atoms in total. The Morgan fingerprint density at radius 1 is 0.967 bits per heavy atom. The van der Waals surface area contributed by atoms with Crippen LogP contribution in [-0.4, -0.2) is 36.5 Å². The Hall–Kier alpha value is -2.37. The Bertz CT molecular complexity index is 771. The lowest BCUT2D eigenvalue weighted by molar-refractivity contribution is -0.150. The summed E-state index contributed by atoms with van der Waals surface area (Å²) >= 11 is 0. The Kier molecular flexibility index (Phi) is 5.85. The van der Waals surface area contributed by atoms with Crippen LogP contribution in [0.2, 0.25) is 0 Å². The summed E-state index contributed by atoms with van der Waals surface area (Å²) in [4.78, 5) is 36.8.